The van der Waals surface area contributed by atoms with Gasteiger partial charge in [0.2, 0.25) is 5.95 Å². The third kappa shape index (κ3) is 5.75. The molecular weight excluding hydrogens is 468 g/mol. The van der Waals surface area contributed by atoms with Gasteiger partial charge in [0.15, 0.2) is 0 Å². The Bertz CT molecular complexity index is 1470. The molecule has 0 aliphatic carbocycles. The number of nitrogens with zero attached hydrogens (tertiary/aromatic N) is 5. The molecule has 176 valence electrons. The average molecular weight is 489 g/mol. The van der Waals surface area contributed by atoms with Crippen LogP contribution in [0.2, 0.25) is 5.02 Å². The fourth-order valence-corrected chi connectivity index (χ4v) is 3.46. The second-order valence-electron chi connectivity index (χ2n) is 7.61. The van der Waals surface area contributed by atoms with Gasteiger partial charge in [-0.25, -0.2) is 19.1 Å². The van der Waals surface area contributed by atoms with Crippen LogP contribution in [-0.4, -0.2) is 19.1 Å². The summed E-state index contributed by atoms with van der Waals surface area (Å²) in [6.45, 7) is 2.38. The summed E-state index contributed by atoms with van der Waals surface area (Å²) in [5.74, 6) is 1.17. The highest BCUT2D eigenvalue weighted by atomic mass is 35.5. The zero-order valence-electron chi connectivity index (χ0n) is 18.8. The van der Waals surface area contributed by atoms with Crippen LogP contribution >= 0.6 is 11.6 Å². The van der Waals surface area contributed by atoms with Gasteiger partial charge < -0.3 is 10.1 Å². The molecule has 0 aliphatic rings. The Balaban J connectivity index is 1.60. The molecule has 0 radical (unpaired) electrons. The lowest BCUT2D eigenvalue weighted by Crippen LogP contribution is -2.42. The van der Waals surface area contributed by atoms with Crippen molar-refractivity contribution in [2.75, 3.05) is 5.32 Å². The van der Waals surface area contributed by atoms with Crippen molar-refractivity contribution in [2.45, 2.75) is 26.4 Å². The Morgan fingerprint density at radius 2 is 1.71 bits per heavy atom. The predicted molar refractivity (Wildman–Crippen MR) is 132 cm³/mol. The molecule has 0 aliphatic heterocycles. The molecule has 0 unspecified atom stereocenters. The van der Waals surface area contributed by atoms with Crippen molar-refractivity contribution in [3.8, 4) is 17.6 Å². The van der Waals surface area contributed by atoms with Crippen LogP contribution in [0.3, 0.4) is 0 Å². The summed E-state index contributed by atoms with van der Waals surface area (Å²) >= 11 is 5.98. The monoisotopic (exact) mass is 488 g/mol. The summed E-state index contributed by atoms with van der Waals surface area (Å²) in [7, 11) is 0. The summed E-state index contributed by atoms with van der Waals surface area (Å²) < 4.78 is 8.29. The number of hydrogen-bond acceptors (Lipinski definition) is 7. The second kappa shape index (κ2) is 10.7. The molecule has 4 aromatic rings. The number of nitrogens with one attached hydrogen (secondary N) is 1. The van der Waals surface area contributed by atoms with Crippen LogP contribution in [0.25, 0.3) is 0 Å². The first-order chi connectivity index (χ1) is 17.0. The highest BCUT2D eigenvalue weighted by Gasteiger charge is 2.14. The van der Waals surface area contributed by atoms with Crippen LogP contribution in [-0.2, 0) is 13.1 Å². The molecule has 0 saturated carbocycles. The molecule has 0 fully saturated rings. The summed E-state index contributed by atoms with van der Waals surface area (Å²) in [5, 5.41) is 12.5. The average Bonchev–Trinajstić information content (AvgIpc) is 2.87. The SMILES string of the molecule is CCCn1c(=O)nc(Nc2ccc(Oc3ccc(C#N)nc3)cc2)n(Cc2ccc(Cl)cc2)c1=O. The van der Waals surface area contributed by atoms with Crippen molar-refractivity contribution in [1.82, 2.24) is 19.1 Å². The lowest BCUT2D eigenvalue weighted by Gasteiger charge is -2.16. The molecule has 1 N–H and O–H groups in total. The molecule has 2 heterocycles. The highest BCUT2D eigenvalue weighted by molar-refractivity contribution is 6.30. The van der Waals surface area contributed by atoms with Crippen molar-refractivity contribution in [2.24, 2.45) is 0 Å². The zero-order chi connectivity index (χ0) is 24.8. The summed E-state index contributed by atoms with van der Waals surface area (Å²) in [4.78, 5) is 33.8. The molecule has 0 spiro atoms. The smallest absolute Gasteiger partial charge is 0.354 e. The van der Waals surface area contributed by atoms with Crippen molar-refractivity contribution in [3.05, 3.63) is 104 Å². The van der Waals surface area contributed by atoms with E-state index < -0.39 is 11.4 Å². The van der Waals surface area contributed by atoms with E-state index in [1.54, 1.807) is 48.5 Å². The molecule has 2 aromatic heterocycles. The Hall–Kier alpha value is -4.42. The number of benzene rings is 2. The van der Waals surface area contributed by atoms with Crippen LogP contribution in [0, 0.1) is 11.3 Å². The van der Waals surface area contributed by atoms with Gasteiger partial charge in [0, 0.05) is 17.3 Å². The molecule has 0 saturated heterocycles. The second-order valence-corrected chi connectivity index (χ2v) is 8.04. The minimum Gasteiger partial charge on any atom is -0.456 e. The lowest BCUT2D eigenvalue weighted by molar-refractivity contribution is 0.480. The standard InChI is InChI=1S/C25H21ClN6O3/c1-2-13-31-24(33)30-23(32(25(31)34)16-17-3-5-18(26)6-4-17)29-19-7-10-21(11-8-19)35-22-12-9-20(14-27)28-15-22/h3-12,15H,2,13,16H2,1H3,(H,29,30,33). The lowest BCUT2D eigenvalue weighted by atomic mass is 10.2. The van der Waals surface area contributed by atoms with E-state index in [1.807, 2.05) is 25.1 Å². The first-order valence-corrected chi connectivity index (χ1v) is 11.2. The van der Waals surface area contributed by atoms with E-state index in [4.69, 9.17) is 21.6 Å². The van der Waals surface area contributed by atoms with Crippen molar-refractivity contribution in [3.63, 3.8) is 0 Å². The molecule has 0 amide bonds. The van der Waals surface area contributed by atoms with Crippen LogP contribution in [0.5, 0.6) is 11.5 Å². The number of ether oxygens (including phenoxy) is 1. The van der Waals surface area contributed by atoms with Gasteiger partial charge in [-0.2, -0.15) is 10.2 Å². The van der Waals surface area contributed by atoms with E-state index in [0.29, 0.717) is 34.3 Å². The van der Waals surface area contributed by atoms with Gasteiger partial charge >= 0.3 is 11.4 Å². The number of aromatic nitrogens is 4. The predicted octanol–water partition coefficient (Wildman–Crippen LogP) is 4.32. The normalized spacial score (nSPS) is 10.5. The number of hydrogen-bond donors (Lipinski definition) is 1. The Kier molecular flexibility index (Phi) is 7.24. The van der Waals surface area contributed by atoms with E-state index >= 15 is 0 Å². The zero-order valence-corrected chi connectivity index (χ0v) is 19.6. The Morgan fingerprint density at radius 3 is 2.34 bits per heavy atom. The first kappa shape index (κ1) is 23.7. The molecule has 0 bridgehead atoms. The third-order valence-corrected chi connectivity index (χ3v) is 5.30. The van der Waals surface area contributed by atoms with Gasteiger partial charge in [-0.05, 0) is 60.5 Å². The molecule has 35 heavy (non-hydrogen) atoms. The summed E-state index contributed by atoms with van der Waals surface area (Å²) in [6.07, 6.45) is 2.09. The first-order valence-electron chi connectivity index (χ1n) is 10.8. The van der Waals surface area contributed by atoms with Gasteiger partial charge in [-0.3, -0.25) is 4.57 Å². The van der Waals surface area contributed by atoms with E-state index in [0.717, 1.165) is 10.1 Å². The van der Waals surface area contributed by atoms with Gasteiger partial charge in [0.05, 0.1) is 12.7 Å². The van der Waals surface area contributed by atoms with E-state index in [2.05, 4.69) is 15.3 Å². The molecule has 2 aromatic carbocycles. The summed E-state index contributed by atoms with van der Waals surface area (Å²) in [6, 6.07) is 19.2. The molecule has 4 rings (SSSR count). The fourth-order valence-electron chi connectivity index (χ4n) is 3.33. The van der Waals surface area contributed by atoms with Crippen LogP contribution in [0.15, 0.2) is 76.4 Å². The fraction of sp³-hybridized carbons (Fsp3) is 0.160. The number of rotatable bonds is 8. The van der Waals surface area contributed by atoms with E-state index in [-0.39, 0.29) is 19.0 Å². The van der Waals surface area contributed by atoms with Gasteiger partial charge in [-0.1, -0.05) is 30.7 Å². The van der Waals surface area contributed by atoms with E-state index in [9.17, 15) is 9.59 Å². The van der Waals surface area contributed by atoms with Crippen molar-refractivity contribution < 1.29 is 4.74 Å². The van der Waals surface area contributed by atoms with Crippen molar-refractivity contribution in [1.29, 1.82) is 5.26 Å². The largest absolute Gasteiger partial charge is 0.456 e. The topological polar surface area (TPSA) is 115 Å². The minimum absolute atomic E-state index is 0.132. The minimum atomic E-state index is -0.611. The molecule has 10 heteroatoms. The van der Waals surface area contributed by atoms with Crippen molar-refractivity contribution >= 4 is 23.2 Å². The summed E-state index contributed by atoms with van der Waals surface area (Å²) in [5.41, 5.74) is 0.690. The maximum Gasteiger partial charge on any atom is 0.354 e. The van der Waals surface area contributed by atoms with Gasteiger partial charge in [0.25, 0.3) is 0 Å². The number of nitriles is 1. The van der Waals surface area contributed by atoms with Gasteiger partial charge in [0.1, 0.15) is 23.3 Å². The maximum absolute atomic E-state index is 13.1. The highest BCUT2D eigenvalue weighted by Crippen LogP contribution is 2.24. The van der Waals surface area contributed by atoms with Gasteiger partial charge in [-0.15, -0.1) is 0 Å². The number of halogens is 1. The molecule has 0 atom stereocenters. The quantitative estimate of drug-likeness (QED) is 0.392. The number of pyridine rings is 1. The number of anilines is 2. The molecule has 9 nitrogen and oxygen atoms in total. The van der Waals surface area contributed by atoms with Crippen LogP contribution in [0.4, 0.5) is 11.6 Å². The van der Waals surface area contributed by atoms with E-state index in [1.165, 1.54) is 10.8 Å². The third-order valence-electron chi connectivity index (χ3n) is 5.05. The Labute approximate surface area is 205 Å². The maximum atomic E-state index is 13.1. The van der Waals surface area contributed by atoms with Crippen LogP contribution < -0.4 is 21.4 Å². The van der Waals surface area contributed by atoms with Crippen LogP contribution in [0.1, 0.15) is 24.6 Å². The Morgan fingerprint density at radius 1 is 1.00 bits per heavy atom. The molecular formula is C25H21ClN6O3.